The summed E-state index contributed by atoms with van der Waals surface area (Å²) in [4.78, 5) is 24.7. The fourth-order valence-electron chi connectivity index (χ4n) is 1.81. The van der Waals surface area contributed by atoms with Gasteiger partial charge in [0.2, 0.25) is 0 Å². The first-order chi connectivity index (χ1) is 8.37. The number of ether oxygens (including phenoxy) is 1. The van der Waals surface area contributed by atoms with Crippen molar-refractivity contribution in [3.05, 3.63) is 32.6 Å². The predicted octanol–water partition coefficient (Wildman–Crippen LogP) is -0.240. The molecule has 3 unspecified atom stereocenters. The summed E-state index contributed by atoms with van der Waals surface area (Å²) >= 11 is 0. The van der Waals surface area contributed by atoms with Gasteiger partial charge in [-0.1, -0.05) is 0 Å². The van der Waals surface area contributed by atoms with Gasteiger partial charge in [-0.15, -0.1) is 0 Å². The fraction of sp³-hybridized carbons (Fsp3) is 0.600. The van der Waals surface area contributed by atoms with Crippen molar-refractivity contribution < 1.29 is 18.6 Å². The Hall–Kier alpha value is -1.54. The molecule has 1 aromatic rings. The van der Waals surface area contributed by atoms with Crippen LogP contribution in [-0.2, 0) is 4.74 Å². The lowest BCUT2D eigenvalue weighted by molar-refractivity contribution is -0.196. The Bertz CT molecular complexity index is 570. The smallest absolute Gasteiger partial charge is 0.330 e. The first-order valence-electron chi connectivity index (χ1n) is 5.31. The van der Waals surface area contributed by atoms with Crippen LogP contribution in [0.4, 0.5) is 8.78 Å². The van der Waals surface area contributed by atoms with Gasteiger partial charge in [0.05, 0.1) is 0 Å². The first-order valence-corrected chi connectivity index (χ1v) is 5.31. The van der Waals surface area contributed by atoms with Gasteiger partial charge >= 0.3 is 5.69 Å². The summed E-state index contributed by atoms with van der Waals surface area (Å²) in [5.41, 5.74) is -1.17. The quantitative estimate of drug-likeness (QED) is 0.770. The van der Waals surface area contributed by atoms with E-state index in [0.717, 1.165) is 4.57 Å². The lowest BCUT2D eigenvalue weighted by Crippen LogP contribution is -2.37. The van der Waals surface area contributed by atoms with Crippen LogP contribution in [0, 0.1) is 6.92 Å². The SMILES string of the molecule is Cc1cn(C2CC(F)C(F)(CO)O2)c(=O)[nH]c1=O. The Balaban J connectivity index is 2.38. The third-order valence-corrected chi connectivity index (χ3v) is 2.88. The van der Waals surface area contributed by atoms with E-state index < -0.39 is 42.5 Å². The van der Waals surface area contributed by atoms with Crippen molar-refractivity contribution in [1.29, 1.82) is 0 Å². The maximum Gasteiger partial charge on any atom is 0.330 e. The number of aliphatic hydroxyl groups is 1. The number of nitrogens with zero attached hydrogens (tertiary/aromatic N) is 1. The molecule has 8 heteroatoms. The van der Waals surface area contributed by atoms with Crippen LogP contribution in [0.15, 0.2) is 15.8 Å². The van der Waals surface area contributed by atoms with Crippen LogP contribution in [0.25, 0.3) is 0 Å². The van der Waals surface area contributed by atoms with E-state index in [-0.39, 0.29) is 5.56 Å². The molecule has 2 heterocycles. The van der Waals surface area contributed by atoms with Crippen molar-refractivity contribution in [2.75, 3.05) is 6.61 Å². The van der Waals surface area contributed by atoms with Gasteiger partial charge < -0.3 is 9.84 Å². The molecule has 0 aromatic carbocycles. The highest BCUT2D eigenvalue weighted by molar-refractivity contribution is 5.02. The zero-order valence-corrected chi connectivity index (χ0v) is 9.52. The van der Waals surface area contributed by atoms with Crippen LogP contribution in [0.2, 0.25) is 0 Å². The number of hydrogen-bond donors (Lipinski definition) is 2. The molecular formula is C10H12F2N2O4. The van der Waals surface area contributed by atoms with Crippen molar-refractivity contribution in [2.24, 2.45) is 0 Å². The number of nitrogens with one attached hydrogen (secondary N) is 1. The number of hydrogen-bond acceptors (Lipinski definition) is 4. The second-order valence-electron chi connectivity index (χ2n) is 4.20. The Morgan fingerprint density at radius 2 is 2.33 bits per heavy atom. The van der Waals surface area contributed by atoms with Gasteiger partial charge in [-0.25, -0.2) is 13.6 Å². The third kappa shape index (κ3) is 1.97. The van der Waals surface area contributed by atoms with Gasteiger partial charge in [0.1, 0.15) is 12.8 Å². The zero-order chi connectivity index (χ0) is 13.5. The molecule has 18 heavy (non-hydrogen) atoms. The summed E-state index contributed by atoms with van der Waals surface area (Å²) < 4.78 is 32.6. The summed E-state index contributed by atoms with van der Waals surface area (Å²) in [6.45, 7) is 0.313. The van der Waals surface area contributed by atoms with Crippen molar-refractivity contribution in [1.82, 2.24) is 9.55 Å². The summed E-state index contributed by atoms with van der Waals surface area (Å²) in [6, 6.07) is 0. The number of aliphatic hydroxyl groups excluding tert-OH is 1. The van der Waals surface area contributed by atoms with Crippen molar-refractivity contribution in [3.8, 4) is 0 Å². The summed E-state index contributed by atoms with van der Waals surface area (Å²) in [5.74, 6) is -2.81. The molecule has 100 valence electrons. The van der Waals surface area contributed by atoms with E-state index in [9.17, 15) is 18.4 Å². The minimum Gasteiger partial charge on any atom is -0.390 e. The van der Waals surface area contributed by atoms with Crippen LogP contribution in [0.5, 0.6) is 0 Å². The van der Waals surface area contributed by atoms with Crippen molar-refractivity contribution in [2.45, 2.75) is 31.6 Å². The maximum atomic E-state index is 13.6. The molecule has 1 aliphatic heterocycles. The van der Waals surface area contributed by atoms with E-state index in [4.69, 9.17) is 9.84 Å². The monoisotopic (exact) mass is 262 g/mol. The Labute approximate surface area is 99.8 Å². The van der Waals surface area contributed by atoms with Gasteiger partial charge in [0.15, 0.2) is 6.17 Å². The number of H-pyrrole nitrogens is 1. The van der Waals surface area contributed by atoms with Crippen LogP contribution >= 0.6 is 0 Å². The molecule has 0 bridgehead atoms. The second kappa shape index (κ2) is 4.29. The van der Waals surface area contributed by atoms with E-state index in [2.05, 4.69) is 0 Å². The largest absolute Gasteiger partial charge is 0.390 e. The minimum absolute atomic E-state index is 0.217. The second-order valence-corrected chi connectivity index (χ2v) is 4.20. The lowest BCUT2D eigenvalue weighted by Gasteiger charge is -2.19. The molecular weight excluding hydrogens is 250 g/mol. The fourth-order valence-corrected chi connectivity index (χ4v) is 1.81. The average molecular weight is 262 g/mol. The standard InChI is InChI=1S/C10H12F2N2O4/c1-5-3-14(9(17)13-8(5)16)7-2-6(11)10(12,4-15)18-7/h3,6-7,15H,2,4H2,1H3,(H,13,16,17). The highest BCUT2D eigenvalue weighted by Gasteiger charge is 2.50. The third-order valence-electron chi connectivity index (χ3n) is 2.88. The lowest BCUT2D eigenvalue weighted by atomic mass is 10.2. The number of alkyl halides is 2. The van der Waals surface area contributed by atoms with Gasteiger partial charge in [0, 0.05) is 18.2 Å². The number of halogens is 2. The van der Waals surface area contributed by atoms with E-state index in [1.54, 1.807) is 0 Å². The zero-order valence-electron chi connectivity index (χ0n) is 9.52. The van der Waals surface area contributed by atoms with Gasteiger partial charge in [-0.3, -0.25) is 14.3 Å². The molecule has 1 fully saturated rings. The van der Waals surface area contributed by atoms with E-state index in [1.165, 1.54) is 13.1 Å². The molecule has 0 amide bonds. The number of aromatic nitrogens is 2. The van der Waals surface area contributed by atoms with Gasteiger partial charge in [-0.2, -0.15) is 0 Å². The van der Waals surface area contributed by atoms with E-state index in [0.29, 0.717) is 0 Å². The van der Waals surface area contributed by atoms with Gasteiger partial charge in [0.25, 0.3) is 11.4 Å². The highest BCUT2D eigenvalue weighted by Crippen LogP contribution is 2.38. The van der Waals surface area contributed by atoms with Crippen molar-refractivity contribution in [3.63, 3.8) is 0 Å². The molecule has 1 saturated heterocycles. The molecule has 1 aliphatic rings. The maximum absolute atomic E-state index is 13.6. The minimum atomic E-state index is -2.81. The molecule has 2 rings (SSSR count). The molecule has 3 atom stereocenters. The average Bonchev–Trinajstić information content (AvgIpc) is 2.61. The molecule has 0 radical (unpaired) electrons. The number of aryl methyl sites for hydroxylation is 1. The van der Waals surface area contributed by atoms with Crippen LogP contribution in [0.1, 0.15) is 18.2 Å². The van der Waals surface area contributed by atoms with E-state index in [1.807, 2.05) is 4.98 Å². The van der Waals surface area contributed by atoms with Crippen molar-refractivity contribution >= 4 is 0 Å². The molecule has 1 aromatic heterocycles. The molecule has 6 nitrogen and oxygen atoms in total. The Morgan fingerprint density at radius 1 is 1.67 bits per heavy atom. The number of aromatic amines is 1. The number of rotatable bonds is 2. The first kappa shape index (κ1) is 12.9. The predicted molar refractivity (Wildman–Crippen MR) is 56.6 cm³/mol. The van der Waals surface area contributed by atoms with E-state index >= 15 is 0 Å². The molecule has 0 saturated carbocycles. The topological polar surface area (TPSA) is 84.3 Å². The Kier molecular flexibility index (Phi) is 3.07. The van der Waals surface area contributed by atoms with Crippen LogP contribution < -0.4 is 11.2 Å². The summed E-state index contributed by atoms with van der Waals surface area (Å²) in [6.07, 6.45) is -2.48. The highest BCUT2D eigenvalue weighted by atomic mass is 19.2. The van der Waals surface area contributed by atoms with Crippen LogP contribution in [0.3, 0.4) is 0 Å². The molecule has 0 spiro atoms. The summed E-state index contributed by atoms with van der Waals surface area (Å²) in [7, 11) is 0. The van der Waals surface area contributed by atoms with Crippen LogP contribution in [-0.4, -0.2) is 33.3 Å². The molecule has 2 N–H and O–H groups in total. The summed E-state index contributed by atoms with van der Waals surface area (Å²) in [5, 5.41) is 8.74. The Morgan fingerprint density at radius 3 is 2.89 bits per heavy atom. The molecule has 0 aliphatic carbocycles. The normalized spacial score (nSPS) is 31.8. The van der Waals surface area contributed by atoms with Gasteiger partial charge in [-0.05, 0) is 6.92 Å².